The monoisotopic (exact) mass is 264 g/mol. The van der Waals surface area contributed by atoms with Crippen molar-refractivity contribution in [2.45, 2.75) is 45.4 Å². The highest BCUT2D eigenvalue weighted by Crippen LogP contribution is 2.29. The van der Waals surface area contributed by atoms with E-state index in [1.165, 1.54) is 62.9 Å². The highest BCUT2D eigenvalue weighted by molar-refractivity contribution is 5.56. The van der Waals surface area contributed by atoms with Gasteiger partial charge in [-0.05, 0) is 55.9 Å². The van der Waals surface area contributed by atoms with Crippen LogP contribution < -0.4 is 15.8 Å². The Balaban J connectivity index is 0.00000180. The second-order valence-corrected chi connectivity index (χ2v) is 5.15. The van der Waals surface area contributed by atoms with E-state index in [1.807, 2.05) is 0 Å². The summed E-state index contributed by atoms with van der Waals surface area (Å²) in [5.74, 6) is 0.988. The molecule has 0 atom stereocenters. The van der Waals surface area contributed by atoms with Crippen molar-refractivity contribution < 1.29 is 4.74 Å². The normalized spacial score (nSPS) is 14.9. The Morgan fingerprint density at radius 2 is 1.89 bits per heavy atom. The van der Waals surface area contributed by atoms with Gasteiger partial charge in [0.15, 0.2) is 0 Å². The Morgan fingerprint density at radius 3 is 2.53 bits per heavy atom. The molecule has 0 amide bonds. The van der Waals surface area contributed by atoms with E-state index in [0.29, 0.717) is 0 Å². The van der Waals surface area contributed by atoms with Crippen LogP contribution in [-0.4, -0.2) is 20.2 Å². The summed E-state index contributed by atoms with van der Waals surface area (Å²) in [6.45, 7) is 4.68. The largest absolute Gasteiger partial charge is 0.497 e. The fraction of sp³-hybridized carbons (Fsp3) is 0.625. The third kappa shape index (κ3) is 4.13. The van der Waals surface area contributed by atoms with Crippen molar-refractivity contribution >= 4 is 5.69 Å². The van der Waals surface area contributed by atoms with Gasteiger partial charge in [0, 0.05) is 18.8 Å². The molecule has 3 nitrogen and oxygen atoms in total. The van der Waals surface area contributed by atoms with Gasteiger partial charge in [-0.2, -0.15) is 0 Å². The van der Waals surface area contributed by atoms with Crippen LogP contribution in [0.3, 0.4) is 0 Å². The summed E-state index contributed by atoms with van der Waals surface area (Å²) < 4.78 is 5.36. The molecule has 1 heterocycles. The van der Waals surface area contributed by atoms with Gasteiger partial charge in [0.25, 0.3) is 0 Å². The van der Waals surface area contributed by atoms with Crippen LogP contribution >= 0.6 is 0 Å². The minimum atomic E-state index is 0. The fourth-order valence-electron chi connectivity index (χ4n) is 2.70. The molecular formula is C16H28N2O. The van der Waals surface area contributed by atoms with Crippen LogP contribution in [0.25, 0.3) is 0 Å². The van der Waals surface area contributed by atoms with E-state index in [2.05, 4.69) is 30.0 Å². The second kappa shape index (κ2) is 8.05. The number of aryl methyl sites for hydroxylation is 1. The Hall–Kier alpha value is -1.22. The predicted molar refractivity (Wildman–Crippen MR) is 82.7 cm³/mol. The Labute approximate surface area is 117 Å². The van der Waals surface area contributed by atoms with Gasteiger partial charge in [-0.3, -0.25) is 0 Å². The zero-order valence-corrected chi connectivity index (χ0v) is 12.5. The van der Waals surface area contributed by atoms with E-state index in [-0.39, 0.29) is 6.15 Å². The molecule has 0 aliphatic carbocycles. The maximum absolute atomic E-state index is 5.36. The Morgan fingerprint density at radius 1 is 1.16 bits per heavy atom. The average molecular weight is 264 g/mol. The molecule has 0 spiro atoms. The molecule has 108 valence electrons. The first kappa shape index (κ1) is 15.8. The molecule has 1 aliphatic rings. The number of hydrogen-bond donors (Lipinski definition) is 1. The van der Waals surface area contributed by atoms with Crippen molar-refractivity contribution in [2.75, 3.05) is 25.1 Å². The van der Waals surface area contributed by atoms with Gasteiger partial charge in [-0.15, -0.1) is 0 Å². The van der Waals surface area contributed by atoms with E-state index in [0.717, 1.165) is 5.75 Å². The van der Waals surface area contributed by atoms with Crippen LogP contribution in [0.2, 0.25) is 0 Å². The zero-order valence-electron chi connectivity index (χ0n) is 12.5. The van der Waals surface area contributed by atoms with E-state index >= 15 is 0 Å². The van der Waals surface area contributed by atoms with Crippen molar-refractivity contribution in [3.63, 3.8) is 0 Å². The van der Waals surface area contributed by atoms with E-state index in [9.17, 15) is 0 Å². The van der Waals surface area contributed by atoms with Crippen molar-refractivity contribution in [1.82, 2.24) is 6.15 Å². The summed E-state index contributed by atoms with van der Waals surface area (Å²) in [4.78, 5) is 2.55. The van der Waals surface area contributed by atoms with Crippen molar-refractivity contribution in [3.05, 3.63) is 23.8 Å². The summed E-state index contributed by atoms with van der Waals surface area (Å²) in [5, 5.41) is 0. The SMILES string of the molecule is CCCCc1cc(OC)ccc1N1CCCCC1.N. The van der Waals surface area contributed by atoms with Crippen LogP contribution in [0.5, 0.6) is 5.75 Å². The molecule has 0 aromatic heterocycles. The highest BCUT2D eigenvalue weighted by Gasteiger charge is 2.14. The van der Waals surface area contributed by atoms with Gasteiger partial charge in [0.1, 0.15) is 5.75 Å². The molecule has 1 aromatic rings. The number of piperidine rings is 1. The number of ether oxygens (including phenoxy) is 1. The molecule has 1 saturated heterocycles. The number of benzene rings is 1. The third-order valence-electron chi connectivity index (χ3n) is 3.78. The van der Waals surface area contributed by atoms with E-state index < -0.39 is 0 Å². The molecule has 1 aliphatic heterocycles. The molecule has 3 N–H and O–H groups in total. The van der Waals surface area contributed by atoms with Crippen molar-refractivity contribution in [3.8, 4) is 5.75 Å². The molecular weight excluding hydrogens is 236 g/mol. The number of unbranched alkanes of at least 4 members (excludes halogenated alkanes) is 1. The number of anilines is 1. The predicted octanol–water partition coefficient (Wildman–Crippen LogP) is 4.19. The van der Waals surface area contributed by atoms with Crippen LogP contribution in [0.1, 0.15) is 44.6 Å². The number of methoxy groups -OCH3 is 1. The smallest absolute Gasteiger partial charge is 0.119 e. The standard InChI is InChI=1S/C16H25NO.H3N/c1-3-4-8-14-13-15(18-2)9-10-16(14)17-11-6-5-7-12-17;/h9-10,13H,3-8,11-12H2,1-2H3;1H3. The number of nitrogens with zero attached hydrogens (tertiary/aromatic N) is 1. The first-order valence-electron chi connectivity index (χ1n) is 7.27. The lowest BCUT2D eigenvalue weighted by Gasteiger charge is -2.31. The molecule has 3 heteroatoms. The maximum Gasteiger partial charge on any atom is 0.119 e. The second-order valence-electron chi connectivity index (χ2n) is 5.15. The fourth-order valence-corrected chi connectivity index (χ4v) is 2.70. The minimum Gasteiger partial charge on any atom is -0.497 e. The van der Waals surface area contributed by atoms with Crippen LogP contribution in [0.4, 0.5) is 5.69 Å². The summed E-state index contributed by atoms with van der Waals surface area (Å²) in [6, 6.07) is 6.56. The van der Waals surface area contributed by atoms with Gasteiger partial charge in [0.2, 0.25) is 0 Å². The summed E-state index contributed by atoms with van der Waals surface area (Å²) in [5.41, 5.74) is 2.89. The number of hydrogen-bond acceptors (Lipinski definition) is 3. The van der Waals surface area contributed by atoms with E-state index in [1.54, 1.807) is 7.11 Å². The molecule has 1 fully saturated rings. The first-order valence-corrected chi connectivity index (χ1v) is 7.27. The molecule has 2 rings (SSSR count). The molecule has 0 radical (unpaired) electrons. The lowest BCUT2D eigenvalue weighted by Crippen LogP contribution is -2.30. The van der Waals surface area contributed by atoms with Crippen LogP contribution in [0, 0.1) is 0 Å². The first-order chi connectivity index (χ1) is 8.85. The quantitative estimate of drug-likeness (QED) is 0.867. The Kier molecular flexibility index (Phi) is 6.71. The van der Waals surface area contributed by atoms with Crippen LogP contribution in [-0.2, 0) is 6.42 Å². The molecule has 0 bridgehead atoms. The average Bonchev–Trinajstić information content (AvgIpc) is 2.45. The van der Waals surface area contributed by atoms with Gasteiger partial charge in [-0.25, -0.2) is 0 Å². The third-order valence-corrected chi connectivity index (χ3v) is 3.78. The van der Waals surface area contributed by atoms with Crippen LogP contribution in [0.15, 0.2) is 18.2 Å². The summed E-state index contributed by atoms with van der Waals surface area (Å²) >= 11 is 0. The molecule has 0 unspecified atom stereocenters. The van der Waals surface area contributed by atoms with Gasteiger partial charge < -0.3 is 15.8 Å². The lowest BCUT2D eigenvalue weighted by atomic mass is 10.0. The lowest BCUT2D eigenvalue weighted by molar-refractivity contribution is 0.414. The molecule has 19 heavy (non-hydrogen) atoms. The molecule has 0 saturated carbocycles. The Bertz CT molecular complexity index is 373. The topological polar surface area (TPSA) is 47.5 Å². The van der Waals surface area contributed by atoms with Crippen molar-refractivity contribution in [1.29, 1.82) is 0 Å². The zero-order chi connectivity index (χ0) is 12.8. The van der Waals surface area contributed by atoms with Gasteiger partial charge >= 0.3 is 0 Å². The molecule has 1 aromatic carbocycles. The minimum absolute atomic E-state index is 0. The summed E-state index contributed by atoms with van der Waals surface area (Å²) in [6.07, 6.45) is 7.72. The van der Waals surface area contributed by atoms with Gasteiger partial charge in [0.05, 0.1) is 7.11 Å². The van der Waals surface area contributed by atoms with E-state index in [4.69, 9.17) is 4.74 Å². The summed E-state index contributed by atoms with van der Waals surface area (Å²) in [7, 11) is 1.75. The number of rotatable bonds is 5. The maximum atomic E-state index is 5.36. The van der Waals surface area contributed by atoms with Gasteiger partial charge in [-0.1, -0.05) is 13.3 Å². The van der Waals surface area contributed by atoms with Crippen molar-refractivity contribution in [2.24, 2.45) is 0 Å². The highest BCUT2D eigenvalue weighted by atomic mass is 16.5.